The van der Waals surface area contributed by atoms with Gasteiger partial charge in [-0.2, -0.15) is 5.26 Å². The summed E-state index contributed by atoms with van der Waals surface area (Å²) in [5.74, 6) is -0.187. The number of amides is 2. The molecule has 2 unspecified atom stereocenters. The zero-order valence-electron chi connectivity index (χ0n) is 16.4. The molecule has 1 N–H and O–H groups in total. The van der Waals surface area contributed by atoms with Crippen LogP contribution in [0.15, 0.2) is 24.3 Å². The normalized spacial score (nSPS) is 29.5. The van der Waals surface area contributed by atoms with Crippen LogP contribution in [0, 0.1) is 23.2 Å². The summed E-state index contributed by atoms with van der Waals surface area (Å²) in [5.41, 5.74) is 0.305. The molecule has 11 heteroatoms. The molecule has 7 nitrogen and oxygen atoms in total. The summed E-state index contributed by atoms with van der Waals surface area (Å²) in [6.45, 7) is 1.82. The van der Waals surface area contributed by atoms with Gasteiger partial charge in [0, 0.05) is 31.2 Å². The lowest BCUT2D eigenvalue weighted by molar-refractivity contribution is -0.274. The van der Waals surface area contributed by atoms with Crippen LogP contribution in [0.5, 0.6) is 5.75 Å². The molecule has 2 aliphatic heterocycles. The number of piperidine rings is 1. The second kappa shape index (κ2) is 8.12. The fourth-order valence-electron chi connectivity index (χ4n) is 4.50. The number of nitrogens with zero attached hydrogens (tertiary/aromatic N) is 3. The lowest BCUT2D eigenvalue weighted by Gasteiger charge is -2.27. The number of fused-ring (bicyclic) bond motifs is 1. The first kappa shape index (κ1) is 22.1. The number of alkyl halides is 4. The van der Waals surface area contributed by atoms with Crippen LogP contribution in [0.3, 0.4) is 0 Å². The summed E-state index contributed by atoms with van der Waals surface area (Å²) in [7, 11) is 0. The molecular weight excluding hydrogens is 528 g/mol. The van der Waals surface area contributed by atoms with Gasteiger partial charge in [0.05, 0.1) is 6.54 Å². The number of ether oxygens (including phenoxy) is 1. The van der Waals surface area contributed by atoms with Crippen LogP contribution in [0.2, 0.25) is 0 Å². The third kappa shape index (κ3) is 4.59. The highest BCUT2D eigenvalue weighted by molar-refractivity contribution is 14.1. The molecule has 1 aliphatic carbocycles. The van der Waals surface area contributed by atoms with Crippen LogP contribution < -0.4 is 10.1 Å². The van der Waals surface area contributed by atoms with Crippen LogP contribution in [-0.4, -0.2) is 63.7 Å². The molecule has 166 valence electrons. The van der Waals surface area contributed by atoms with Gasteiger partial charge in [-0.25, -0.2) is 0 Å². The number of rotatable bonds is 5. The predicted molar refractivity (Wildman–Crippen MR) is 111 cm³/mol. The molecule has 3 fully saturated rings. The molecular formula is C20H20F3IN4O3. The van der Waals surface area contributed by atoms with Gasteiger partial charge in [0.2, 0.25) is 5.91 Å². The van der Waals surface area contributed by atoms with Crippen LogP contribution in [0.1, 0.15) is 23.2 Å². The monoisotopic (exact) mass is 548 g/mol. The molecule has 1 aromatic carbocycles. The highest BCUT2D eigenvalue weighted by Crippen LogP contribution is 2.46. The van der Waals surface area contributed by atoms with E-state index in [1.165, 1.54) is 12.1 Å². The predicted octanol–water partition coefficient (Wildman–Crippen LogP) is 2.52. The fraction of sp³-hybridized carbons (Fsp3) is 0.550. The van der Waals surface area contributed by atoms with E-state index in [4.69, 9.17) is 0 Å². The van der Waals surface area contributed by atoms with Crippen LogP contribution in [0.25, 0.3) is 0 Å². The number of hydrogen-bond donors (Lipinski definition) is 1. The van der Waals surface area contributed by atoms with Crippen molar-refractivity contribution in [2.75, 3.05) is 26.2 Å². The van der Waals surface area contributed by atoms with Gasteiger partial charge in [0.15, 0.2) is 3.55 Å². The van der Waals surface area contributed by atoms with E-state index in [-0.39, 0.29) is 42.0 Å². The maximum atomic E-state index is 12.6. The minimum absolute atomic E-state index is 0.0903. The maximum Gasteiger partial charge on any atom is 0.573 e. The van der Waals surface area contributed by atoms with Gasteiger partial charge in [-0.1, -0.05) is 0 Å². The molecule has 0 aromatic heterocycles. The number of carbonyl (C=O) groups is 2. The second-order valence-electron chi connectivity index (χ2n) is 8.04. The van der Waals surface area contributed by atoms with Gasteiger partial charge in [-0.3, -0.25) is 9.59 Å². The minimum Gasteiger partial charge on any atom is -0.406 e. The van der Waals surface area contributed by atoms with Crippen LogP contribution in [0.4, 0.5) is 13.2 Å². The summed E-state index contributed by atoms with van der Waals surface area (Å²) in [6.07, 6.45) is -3.28. The first-order chi connectivity index (χ1) is 14.6. The Morgan fingerprint density at radius 3 is 2.48 bits per heavy atom. The molecule has 1 aromatic rings. The van der Waals surface area contributed by atoms with Gasteiger partial charge >= 0.3 is 6.36 Å². The number of likely N-dealkylation sites (tertiary alicyclic amines) is 2. The largest absolute Gasteiger partial charge is 0.573 e. The molecule has 0 spiro atoms. The number of hydrogen-bond acceptors (Lipinski definition) is 5. The Kier molecular flexibility index (Phi) is 5.80. The molecule has 3 aliphatic rings. The molecule has 4 rings (SSSR count). The van der Waals surface area contributed by atoms with Crippen molar-refractivity contribution in [3.05, 3.63) is 29.8 Å². The zero-order valence-corrected chi connectivity index (χ0v) is 18.5. The minimum atomic E-state index is -4.77. The Bertz CT molecular complexity index is 908. The molecule has 2 saturated heterocycles. The van der Waals surface area contributed by atoms with E-state index in [1.807, 2.05) is 22.6 Å². The van der Waals surface area contributed by atoms with Crippen molar-refractivity contribution in [3.63, 3.8) is 0 Å². The first-order valence-corrected chi connectivity index (χ1v) is 11.0. The van der Waals surface area contributed by atoms with E-state index in [9.17, 15) is 28.0 Å². The van der Waals surface area contributed by atoms with Crippen molar-refractivity contribution < 1.29 is 27.5 Å². The van der Waals surface area contributed by atoms with Crippen molar-refractivity contribution >= 4 is 34.4 Å². The lowest BCUT2D eigenvalue weighted by Crippen LogP contribution is -2.46. The molecule has 2 amide bonds. The summed E-state index contributed by atoms with van der Waals surface area (Å²) < 4.78 is 39.8. The van der Waals surface area contributed by atoms with Crippen molar-refractivity contribution in [2.45, 2.75) is 28.8 Å². The third-order valence-corrected chi connectivity index (χ3v) is 7.46. The van der Waals surface area contributed by atoms with Crippen LogP contribution in [-0.2, 0) is 4.79 Å². The first-order valence-electron chi connectivity index (χ1n) is 9.90. The average molecular weight is 548 g/mol. The van der Waals surface area contributed by atoms with Crippen molar-refractivity contribution in [2.24, 2.45) is 11.8 Å². The SMILES string of the molecule is N#C[C@@]1(I)CCCN1C(=O)CNC1C2CN(C(=O)c3ccc(OC(F)(F)F)cc3)CC21. The Hall–Kier alpha value is -2.07. The Labute approximate surface area is 190 Å². The lowest BCUT2D eigenvalue weighted by atomic mass is 10.2. The molecule has 31 heavy (non-hydrogen) atoms. The summed E-state index contributed by atoms with van der Waals surface area (Å²) >= 11 is 2.04. The standard InChI is InChI=1S/C20H20F3IN4O3/c21-20(22,23)31-13-4-2-12(3-5-13)18(30)27-9-14-15(10-27)17(14)26-8-16(29)28-7-1-6-19(28,24)11-25/h2-5,14-15,17,26H,1,6-10H2/t14?,15?,17?,19-/m1/s1. The highest BCUT2D eigenvalue weighted by Gasteiger charge is 2.56. The smallest absolute Gasteiger partial charge is 0.406 e. The molecule has 3 atom stereocenters. The van der Waals surface area contributed by atoms with E-state index < -0.39 is 9.91 Å². The Morgan fingerprint density at radius 1 is 1.26 bits per heavy atom. The number of benzene rings is 1. The number of nitriles is 1. The highest BCUT2D eigenvalue weighted by atomic mass is 127. The van der Waals surface area contributed by atoms with Gasteiger partial charge in [0.1, 0.15) is 11.8 Å². The third-order valence-electron chi connectivity index (χ3n) is 6.10. The summed E-state index contributed by atoms with van der Waals surface area (Å²) in [5, 5.41) is 12.6. The topological polar surface area (TPSA) is 85.7 Å². The number of halogens is 4. The van der Waals surface area contributed by atoms with E-state index in [0.717, 1.165) is 18.6 Å². The summed E-state index contributed by atoms with van der Waals surface area (Å²) in [6, 6.07) is 7.27. The average Bonchev–Trinajstić information content (AvgIpc) is 3.05. The number of nitrogens with one attached hydrogen (secondary N) is 1. The van der Waals surface area contributed by atoms with Crippen LogP contribution >= 0.6 is 22.6 Å². The van der Waals surface area contributed by atoms with Crippen molar-refractivity contribution in [1.82, 2.24) is 15.1 Å². The van der Waals surface area contributed by atoms with E-state index in [0.29, 0.717) is 31.6 Å². The number of carbonyl (C=O) groups excluding carboxylic acids is 2. The second-order valence-corrected chi connectivity index (χ2v) is 9.82. The van der Waals surface area contributed by atoms with Gasteiger partial charge in [-0.05, 0) is 71.5 Å². The quantitative estimate of drug-likeness (QED) is 0.348. The van der Waals surface area contributed by atoms with Gasteiger partial charge in [0.25, 0.3) is 5.91 Å². The molecule has 0 bridgehead atoms. The fourth-order valence-corrected chi connectivity index (χ4v) is 5.39. The van der Waals surface area contributed by atoms with E-state index in [2.05, 4.69) is 16.1 Å². The van der Waals surface area contributed by atoms with E-state index >= 15 is 0 Å². The Morgan fingerprint density at radius 2 is 1.90 bits per heavy atom. The Balaban J connectivity index is 1.25. The van der Waals surface area contributed by atoms with Crippen molar-refractivity contribution in [3.8, 4) is 11.8 Å². The summed E-state index contributed by atoms with van der Waals surface area (Å²) in [4.78, 5) is 28.4. The maximum absolute atomic E-state index is 12.6. The van der Waals surface area contributed by atoms with Gasteiger partial charge < -0.3 is 19.9 Å². The molecule has 2 heterocycles. The molecule has 0 radical (unpaired) electrons. The zero-order chi connectivity index (χ0) is 22.4. The molecule has 1 saturated carbocycles. The van der Waals surface area contributed by atoms with Gasteiger partial charge in [-0.15, -0.1) is 13.2 Å². The van der Waals surface area contributed by atoms with Crippen molar-refractivity contribution in [1.29, 1.82) is 5.26 Å². The van der Waals surface area contributed by atoms with E-state index in [1.54, 1.807) is 9.80 Å².